The van der Waals surface area contributed by atoms with E-state index >= 15 is 0 Å². The molecule has 0 spiro atoms. The van der Waals surface area contributed by atoms with E-state index in [0.29, 0.717) is 13.1 Å². The predicted molar refractivity (Wildman–Crippen MR) is 68.9 cm³/mol. The zero-order valence-corrected chi connectivity index (χ0v) is 11.2. The monoisotopic (exact) mass is 253 g/mol. The average Bonchev–Trinajstić information content (AvgIpc) is 2.34. The Morgan fingerprint density at radius 1 is 1.39 bits per heavy atom. The molecule has 0 aliphatic heterocycles. The first-order valence-electron chi connectivity index (χ1n) is 6.10. The molecule has 0 fully saturated rings. The maximum absolute atomic E-state index is 13.4. The predicted octanol–water partition coefficient (Wildman–Crippen LogP) is 1.63. The van der Waals surface area contributed by atoms with Crippen molar-refractivity contribution in [3.05, 3.63) is 29.8 Å². The fourth-order valence-corrected chi connectivity index (χ4v) is 1.70. The molecule has 0 bridgehead atoms. The highest BCUT2D eigenvalue weighted by atomic mass is 19.1. The van der Waals surface area contributed by atoms with Gasteiger partial charge in [-0.25, -0.2) is 4.98 Å². The number of nitrogens with zero attached hydrogens (tertiary/aromatic N) is 3. The SMILES string of the molecule is CCN(CCCN(C)C)C(=O)c1cccnc1F. The summed E-state index contributed by atoms with van der Waals surface area (Å²) in [6.45, 7) is 3.99. The van der Waals surface area contributed by atoms with Gasteiger partial charge in [0.15, 0.2) is 0 Å². The third kappa shape index (κ3) is 4.07. The number of pyridine rings is 1. The molecular formula is C13H20FN3O. The average molecular weight is 253 g/mol. The molecule has 1 amide bonds. The normalized spacial score (nSPS) is 10.7. The first-order valence-corrected chi connectivity index (χ1v) is 6.10. The van der Waals surface area contributed by atoms with Gasteiger partial charge in [0.2, 0.25) is 5.95 Å². The number of aromatic nitrogens is 1. The minimum Gasteiger partial charge on any atom is -0.339 e. The molecule has 100 valence electrons. The van der Waals surface area contributed by atoms with Gasteiger partial charge in [0, 0.05) is 19.3 Å². The molecule has 0 saturated heterocycles. The van der Waals surface area contributed by atoms with Gasteiger partial charge in [-0.2, -0.15) is 4.39 Å². The van der Waals surface area contributed by atoms with Crippen LogP contribution >= 0.6 is 0 Å². The van der Waals surface area contributed by atoms with E-state index in [1.807, 2.05) is 21.0 Å². The van der Waals surface area contributed by atoms with Crippen molar-refractivity contribution in [2.24, 2.45) is 0 Å². The van der Waals surface area contributed by atoms with Crippen molar-refractivity contribution in [3.8, 4) is 0 Å². The number of amides is 1. The van der Waals surface area contributed by atoms with Gasteiger partial charge in [-0.15, -0.1) is 0 Å². The molecule has 0 aromatic carbocycles. The van der Waals surface area contributed by atoms with Gasteiger partial charge in [-0.05, 0) is 46.1 Å². The van der Waals surface area contributed by atoms with E-state index in [-0.39, 0.29) is 11.5 Å². The molecule has 0 radical (unpaired) electrons. The van der Waals surface area contributed by atoms with Crippen molar-refractivity contribution >= 4 is 5.91 Å². The number of hydrogen-bond donors (Lipinski definition) is 0. The van der Waals surface area contributed by atoms with Crippen LogP contribution in [0.3, 0.4) is 0 Å². The van der Waals surface area contributed by atoms with E-state index in [4.69, 9.17) is 0 Å². The highest BCUT2D eigenvalue weighted by Crippen LogP contribution is 2.08. The fraction of sp³-hybridized carbons (Fsp3) is 0.538. The lowest BCUT2D eigenvalue weighted by Crippen LogP contribution is -2.33. The van der Waals surface area contributed by atoms with E-state index in [0.717, 1.165) is 13.0 Å². The van der Waals surface area contributed by atoms with Gasteiger partial charge in [0.25, 0.3) is 5.91 Å². The van der Waals surface area contributed by atoms with Crippen molar-refractivity contribution < 1.29 is 9.18 Å². The first kappa shape index (κ1) is 14.6. The molecule has 18 heavy (non-hydrogen) atoms. The Hall–Kier alpha value is -1.49. The minimum absolute atomic E-state index is 0.0456. The number of hydrogen-bond acceptors (Lipinski definition) is 3. The summed E-state index contributed by atoms with van der Waals surface area (Å²) in [6, 6.07) is 3.04. The second kappa shape index (κ2) is 7.06. The lowest BCUT2D eigenvalue weighted by Gasteiger charge is -2.21. The van der Waals surface area contributed by atoms with Crippen LogP contribution in [0.15, 0.2) is 18.3 Å². The van der Waals surface area contributed by atoms with E-state index < -0.39 is 5.95 Å². The number of carbonyl (C=O) groups excluding carboxylic acids is 1. The molecule has 4 nitrogen and oxygen atoms in total. The van der Waals surface area contributed by atoms with E-state index in [1.165, 1.54) is 12.3 Å². The highest BCUT2D eigenvalue weighted by Gasteiger charge is 2.17. The van der Waals surface area contributed by atoms with Crippen LogP contribution in [-0.2, 0) is 0 Å². The van der Waals surface area contributed by atoms with Crippen LogP contribution in [0.5, 0.6) is 0 Å². The van der Waals surface area contributed by atoms with Crippen LogP contribution in [0.25, 0.3) is 0 Å². The summed E-state index contributed by atoms with van der Waals surface area (Å²) in [5.41, 5.74) is 0.0456. The Kier molecular flexibility index (Phi) is 5.71. The summed E-state index contributed by atoms with van der Waals surface area (Å²) in [6.07, 6.45) is 2.21. The fourth-order valence-electron chi connectivity index (χ4n) is 1.70. The van der Waals surface area contributed by atoms with E-state index in [9.17, 15) is 9.18 Å². The second-order valence-corrected chi connectivity index (χ2v) is 4.38. The molecule has 0 atom stereocenters. The Morgan fingerprint density at radius 2 is 2.11 bits per heavy atom. The van der Waals surface area contributed by atoms with Crippen molar-refractivity contribution in [1.29, 1.82) is 0 Å². The van der Waals surface area contributed by atoms with Crippen LogP contribution in [0, 0.1) is 5.95 Å². The number of halogens is 1. The molecule has 0 aliphatic rings. The van der Waals surface area contributed by atoms with Gasteiger partial charge in [0.1, 0.15) is 0 Å². The molecular weight excluding hydrogens is 233 g/mol. The largest absolute Gasteiger partial charge is 0.339 e. The van der Waals surface area contributed by atoms with Crippen molar-refractivity contribution in [2.75, 3.05) is 33.7 Å². The summed E-state index contributed by atoms with van der Waals surface area (Å²) in [5.74, 6) is -0.990. The topological polar surface area (TPSA) is 36.4 Å². The van der Waals surface area contributed by atoms with Gasteiger partial charge in [0.05, 0.1) is 5.56 Å². The number of rotatable bonds is 6. The Bertz CT molecular complexity index is 396. The van der Waals surface area contributed by atoms with Crippen LogP contribution in [0.2, 0.25) is 0 Å². The standard InChI is InChI=1S/C13H20FN3O/c1-4-17(10-6-9-16(2)3)13(18)11-7-5-8-15-12(11)14/h5,7-8H,4,6,9-10H2,1-3H3. The molecule has 1 rings (SSSR count). The molecule has 1 heterocycles. The smallest absolute Gasteiger partial charge is 0.258 e. The number of carbonyl (C=O) groups is 1. The Morgan fingerprint density at radius 3 is 2.67 bits per heavy atom. The van der Waals surface area contributed by atoms with Crippen LogP contribution in [0.4, 0.5) is 4.39 Å². The second-order valence-electron chi connectivity index (χ2n) is 4.38. The summed E-state index contributed by atoms with van der Waals surface area (Å²) in [5, 5.41) is 0. The lowest BCUT2D eigenvalue weighted by molar-refractivity contribution is 0.0753. The molecule has 0 saturated carbocycles. The molecule has 1 aromatic heterocycles. The third-order valence-electron chi connectivity index (χ3n) is 2.69. The van der Waals surface area contributed by atoms with Crippen molar-refractivity contribution in [1.82, 2.24) is 14.8 Å². The molecule has 1 aromatic rings. The highest BCUT2D eigenvalue weighted by molar-refractivity contribution is 5.94. The Balaban J connectivity index is 2.65. The third-order valence-corrected chi connectivity index (χ3v) is 2.69. The van der Waals surface area contributed by atoms with Crippen LogP contribution in [-0.4, -0.2) is 54.4 Å². The first-order chi connectivity index (χ1) is 8.56. The van der Waals surface area contributed by atoms with Crippen molar-refractivity contribution in [3.63, 3.8) is 0 Å². The maximum Gasteiger partial charge on any atom is 0.258 e. The summed E-state index contributed by atoms with van der Waals surface area (Å²) < 4.78 is 13.4. The van der Waals surface area contributed by atoms with Crippen LogP contribution in [0.1, 0.15) is 23.7 Å². The minimum atomic E-state index is -0.700. The van der Waals surface area contributed by atoms with Gasteiger partial charge in [-0.1, -0.05) is 0 Å². The van der Waals surface area contributed by atoms with E-state index in [1.54, 1.807) is 11.0 Å². The lowest BCUT2D eigenvalue weighted by atomic mass is 10.2. The molecule has 5 heteroatoms. The Labute approximate surface area is 107 Å². The zero-order valence-electron chi connectivity index (χ0n) is 11.2. The van der Waals surface area contributed by atoms with Gasteiger partial charge in [-0.3, -0.25) is 4.79 Å². The quantitative estimate of drug-likeness (QED) is 0.723. The van der Waals surface area contributed by atoms with Crippen LogP contribution < -0.4 is 0 Å². The van der Waals surface area contributed by atoms with Gasteiger partial charge < -0.3 is 9.80 Å². The molecule has 0 unspecified atom stereocenters. The summed E-state index contributed by atoms with van der Waals surface area (Å²) >= 11 is 0. The zero-order chi connectivity index (χ0) is 13.5. The van der Waals surface area contributed by atoms with Gasteiger partial charge >= 0.3 is 0 Å². The summed E-state index contributed by atoms with van der Waals surface area (Å²) in [4.78, 5) is 19.3. The van der Waals surface area contributed by atoms with E-state index in [2.05, 4.69) is 9.88 Å². The van der Waals surface area contributed by atoms with Crippen molar-refractivity contribution in [2.45, 2.75) is 13.3 Å². The molecule has 0 aliphatic carbocycles. The maximum atomic E-state index is 13.4. The summed E-state index contributed by atoms with van der Waals surface area (Å²) in [7, 11) is 3.97. The molecule has 0 N–H and O–H groups in total.